The van der Waals surface area contributed by atoms with E-state index in [9.17, 15) is 0 Å². The van der Waals surface area contributed by atoms with Gasteiger partial charge in [-0.1, -0.05) is 109 Å². The molecular formula is C44H29N3. The number of hydrogen-bond donors (Lipinski definition) is 0. The van der Waals surface area contributed by atoms with Crippen molar-refractivity contribution in [1.82, 2.24) is 9.13 Å². The quantitative estimate of drug-likeness (QED) is 0.179. The molecule has 0 aliphatic carbocycles. The van der Waals surface area contributed by atoms with Gasteiger partial charge in [0.05, 0.1) is 28.6 Å². The summed E-state index contributed by atoms with van der Waals surface area (Å²) in [5.41, 5.74) is 12.9. The van der Waals surface area contributed by atoms with Crippen molar-refractivity contribution in [2.45, 2.75) is 6.92 Å². The molecular weight excluding hydrogens is 571 g/mol. The fraction of sp³-hybridized carbons (Fsp3) is 0.0227. The van der Waals surface area contributed by atoms with Crippen molar-refractivity contribution in [2.75, 3.05) is 0 Å². The summed E-state index contributed by atoms with van der Waals surface area (Å²) in [4.78, 5) is 4.07. The summed E-state index contributed by atoms with van der Waals surface area (Å²) >= 11 is 0. The third-order valence-electron chi connectivity index (χ3n) is 9.48. The Morgan fingerprint density at radius 2 is 0.957 bits per heavy atom. The molecule has 220 valence electrons. The van der Waals surface area contributed by atoms with Crippen LogP contribution in [0.1, 0.15) is 5.56 Å². The second-order valence-corrected chi connectivity index (χ2v) is 12.1. The molecule has 0 amide bonds. The first-order valence-corrected chi connectivity index (χ1v) is 15.9. The van der Waals surface area contributed by atoms with Gasteiger partial charge in [0.2, 0.25) is 0 Å². The molecule has 9 rings (SSSR count). The minimum absolute atomic E-state index is 0.635. The van der Waals surface area contributed by atoms with Crippen molar-refractivity contribution in [3.63, 3.8) is 0 Å². The van der Waals surface area contributed by atoms with Crippen LogP contribution in [0.3, 0.4) is 0 Å². The highest BCUT2D eigenvalue weighted by atomic mass is 15.0. The third kappa shape index (κ3) is 4.13. The van der Waals surface area contributed by atoms with Gasteiger partial charge in [-0.2, -0.15) is 0 Å². The first-order chi connectivity index (χ1) is 23.2. The molecule has 0 N–H and O–H groups in total. The molecule has 0 atom stereocenters. The van der Waals surface area contributed by atoms with E-state index in [4.69, 9.17) is 6.57 Å². The first kappa shape index (κ1) is 27.0. The van der Waals surface area contributed by atoms with E-state index in [1.54, 1.807) is 0 Å². The Morgan fingerprint density at radius 1 is 0.426 bits per heavy atom. The lowest BCUT2D eigenvalue weighted by Gasteiger charge is -2.16. The number of nitrogens with zero attached hydrogens (tertiary/aromatic N) is 3. The van der Waals surface area contributed by atoms with Gasteiger partial charge in [-0.25, -0.2) is 4.85 Å². The van der Waals surface area contributed by atoms with Crippen LogP contribution in [0.2, 0.25) is 0 Å². The maximum atomic E-state index is 8.25. The van der Waals surface area contributed by atoms with E-state index < -0.39 is 0 Å². The molecule has 0 aliphatic rings. The van der Waals surface area contributed by atoms with Crippen molar-refractivity contribution in [1.29, 1.82) is 0 Å². The standard InChI is InChI=1S/C44H29N3/c1-29-13-6-9-19-38(29)46-41-25-23-31(30-14-4-3-5-15-30)27-35(41)36-28-32(24-26-42(36)46)44-37(45-2)18-12-22-43(44)47-39-20-10-7-16-33(39)34-17-8-11-21-40(34)47/h3-28H,1H3. The predicted molar refractivity (Wildman–Crippen MR) is 197 cm³/mol. The van der Waals surface area contributed by atoms with Crippen LogP contribution >= 0.6 is 0 Å². The lowest BCUT2D eigenvalue weighted by molar-refractivity contribution is 1.15. The monoisotopic (exact) mass is 599 g/mol. The highest BCUT2D eigenvalue weighted by Crippen LogP contribution is 2.43. The van der Waals surface area contributed by atoms with Gasteiger partial charge in [0, 0.05) is 38.5 Å². The van der Waals surface area contributed by atoms with Crippen molar-refractivity contribution in [2.24, 2.45) is 0 Å². The number of benzene rings is 7. The lowest BCUT2D eigenvalue weighted by atomic mass is 9.98. The molecule has 0 aliphatic heterocycles. The third-order valence-corrected chi connectivity index (χ3v) is 9.48. The minimum atomic E-state index is 0.635. The Bertz CT molecular complexity index is 2650. The van der Waals surface area contributed by atoms with Crippen molar-refractivity contribution in [3.05, 3.63) is 175 Å². The number of aromatic nitrogens is 2. The zero-order valence-electron chi connectivity index (χ0n) is 25.9. The second-order valence-electron chi connectivity index (χ2n) is 12.1. The van der Waals surface area contributed by atoms with Gasteiger partial charge < -0.3 is 9.13 Å². The van der Waals surface area contributed by atoms with E-state index >= 15 is 0 Å². The molecule has 2 aromatic heterocycles. The van der Waals surface area contributed by atoms with Crippen molar-refractivity contribution in [3.8, 4) is 33.6 Å². The molecule has 0 saturated carbocycles. The first-order valence-electron chi connectivity index (χ1n) is 15.9. The van der Waals surface area contributed by atoms with Gasteiger partial charge in [0.1, 0.15) is 0 Å². The van der Waals surface area contributed by atoms with Crippen molar-refractivity contribution >= 4 is 49.3 Å². The van der Waals surface area contributed by atoms with Crippen LogP contribution in [0.15, 0.2) is 158 Å². The maximum Gasteiger partial charge on any atom is 0.196 e. The SMILES string of the molecule is [C-]#[N+]c1cccc(-n2c3ccccc3c3ccccc32)c1-c1ccc2c(c1)c1cc(-c3ccccc3)ccc1n2-c1ccccc1C. The van der Waals surface area contributed by atoms with Gasteiger partial charge in [-0.05, 0) is 77.7 Å². The Morgan fingerprint density at radius 3 is 1.64 bits per heavy atom. The normalized spacial score (nSPS) is 11.5. The minimum Gasteiger partial charge on any atom is -0.310 e. The number of para-hydroxylation sites is 3. The van der Waals surface area contributed by atoms with Crippen LogP contribution in [-0.2, 0) is 0 Å². The summed E-state index contributed by atoms with van der Waals surface area (Å²) in [7, 11) is 0. The Balaban J connectivity index is 1.37. The highest BCUT2D eigenvalue weighted by molar-refractivity contribution is 6.13. The molecule has 47 heavy (non-hydrogen) atoms. The van der Waals surface area contributed by atoms with Gasteiger partial charge in [0.25, 0.3) is 0 Å². The Hall–Kier alpha value is -6.37. The van der Waals surface area contributed by atoms with Crippen LogP contribution in [0.4, 0.5) is 5.69 Å². The molecule has 0 unspecified atom stereocenters. The number of fused-ring (bicyclic) bond motifs is 6. The van der Waals surface area contributed by atoms with Gasteiger partial charge >= 0.3 is 0 Å². The fourth-order valence-corrected chi connectivity index (χ4v) is 7.35. The molecule has 0 saturated heterocycles. The number of rotatable bonds is 4. The Labute approximate surface area is 273 Å². The van der Waals surface area contributed by atoms with E-state index in [0.717, 1.165) is 44.3 Å². The topological polar surface area (TPSA) is 14.2 Å². The van der Waals surface area contributed by atoms with Crippen LogP contribution in [0, 0.1) is 13.5 Å². The molecule has 0 radical (unpaired) electrons. The van der Waals surface area contributed by atoms with Crippen LogP contribution < -0.4 is 0 Å². The Kier molecular flexibility index (Phi) is 6.10. The summed E-state index contributed by atoms with van der Waals surface area (Å²) in [5.74, 6) is 0. The molecule has 3 heteroatoms. The molecule has 3 nitrogen and oxygen atoms in total. The fourth-order valence-electron chi connectivity index (χ4n) is 7.35. The summed E-state index contributed by atoms with van der Waals surface area (Å²) in [6.07, 6.45) is 0. The molecule has 0 spiro atoms. The van der Waals surface area contributed by atoms with E-state index in [1.165, 1.54) is 38.5 Å². The lowest BCUT2D eigenvalue weighted by Crippen LogP contribution is -1.98. The van der Waals surface area contributed by atoms with Crippen LogP contribution in [0.5, 0.6) is 0 Å². The van der Waals surface area contributed by atoms with E-state index in [1.807, 2.05) is 12.1 Å². The van der Waals surface area contributed by atoms with E-state index in [0.29, 0.717) is 5.69 Å². The van der Waals surface area contributed by atoms with Gasteiger partial charge in [0.15, 0.2) is 5.69 Å². The number of hydrogen-bond acceptors (Lipinski definition) is 0. The molecule has 9 aromatic rings. The number of aryl methyl sites for hydroxylation is 1. The molecule has 0 bridgehead atoms. The highest BCUT2D eigenvalue weighted by Gasteiger charge is 2.20. The smallest absolute Gasteiger partial charge is 0.196 e. The molecule has 0 fully saturated rings. The van der Waals surface area contributed by atoms with Crippen LogP contribution in [0.25, 0.3) is 82.1 Å². The summed E-state index contributed by atoms with van der Waals surface area (Å²) in [6, 6.07) is 55.8. The van der Waals surface area contributed by atoms with Gasteiger partial charge in [-0.3, -0.25) is 0 Å². The second kappa shape index (κ2) is 10.6. The average Bonchev–Trinajstić information content (AvgIpc) is 3.64. The van der Waals surface area contributed by atoms with E-state index in [2.05, 4.69) is 166 Å². The van der Waals surface area contributed by atoms with E-state index in [-0.39, 0.29) is 0 Å². The summed E-state index contributed by atoms with van der Waals surface area (Å²) in [6.45, 7) is 10.4. The molecule has 2 heterocycles. The van der Waals surface area contributed by atoms with Crippen molar-refractivity contribution < 1.29 is 0 Å². The van der Waals surface area contributed by atoms with Crippen LogP contribution in [-0.4, -0.2) is 9.13 Å². The largest absolute Gasteiger partial charge is 0.310 e. The average molecular weight is 600 g/mol. The zero-order valence-corrected chi connectivity index (χ0v) is 25.9. The van der Waals surface area contributed by atoms with Gasteiger partial charge in [-0.15, -0.1) is 0 Å². The maximum absolute atomic E-state index is 8.25. The predicted octanol–water partition coefficient (Wildman–Crippen LogP) is 12.1. The molecule has 7 aromatic carbocycles. The summed E-state index contributed by atoms with van der Waals surface area (Å²) < 4.78 is 4.70. The summed E-state index contributed by atoms with van der Waals surface area (Å²) in [5, 5.41) is 4.75. The zero-order chi connectivity index (χ0) is 31.5.